The molecule has 1 atom stereocenters. The van der Waals surface area contributed by atoms with Crippen molar-refractivity contribution in [2.75, 3.05) is 6.61 Å². The maximum atomic E-state index is 13.2. The molecule has 0 fully saturated rings. The first-order valence-corrected chi connectivity index (χ1v) is 7.70. The average molecular weight is 355 g/mol. The lowest BCUT2D eigenvalue weighted by Gasteiger charge is -2.14. The van der Waals surface area contributed by atoms with Gasteiger partial charge < -0.3 is 9.47 Å². The molecule has 2 aromatic rings. The van der Waals surface area contributed by atoms with Crippen LogP contribution in [0.15, 0.2) is 36.4 Å². The SMILES string of the molecule is Fc1ccc(OCC2Cc3cc(F)ccc3O2)c(CBr)c1. The number of rotatable bonds is 4. The van der Waals surface area contributed by atoms with Gasteiger partial charge in [0.25, 0.3) is 0 Å². The molecule has 0 bridgehead atoms. The van der Waals surface area contributed by atoms with Gasteiger partial charge in [-0.1, -0.05) is 15.9 Å². The smallest absolute Gasteiger partial charge is 0.137 e. The van der Waals surface area contributed by atoms with Gasteiger partial charge in [0.05, 0.1) is 0 Å². The van der Waals surface area contributed by atoms with Gasteiger partial charge in [-0.2, -0.15) is 0 Å². The van der Waals surface area contributed by atoms with Gasteiger partial charge in [-0.05, 0) is 36.4 Å². The van der Waals surface area contributed by atoms with Crippen LogP contribution in [0.25, 0.3) is 0 Å². The Bertz CT molecular complexity index is 661. The molecular weight excluding hydrogens is 342 g/mol. The van der Waals surface area contributed by atoms with E-state index in [4.69, 9.17) is 9.47 Å². The Kier molecular flexibility index (Phi) is 4.10. The second kappa shape index (κ2) is 6.02. The molecule has 1 heterocycles. The van der Waals surface area contributed by atoms with Gasteiger partial charge in [0.1, 0.15) is 35.8 Å². The van der Waals surface area contributed by atoms with Crippen LogP contribution in [-0.4, -0.2) is 12.7 Å². The standard InChI is InChI=1S/C16H13BrF2O2/c17-8-11-6-13(19)1-3-15(11)20-9-14-7-10-5-12(18)2-4-16(10)21-14/h1-6,14H,7-9H2. The highest BCUT2D eigenvalue weighted by Gasteiger charge is 2.24. The number of benzene rings is 2. The zero-order chi connectivity index (χ0) is 14.8. The van der Waals surface area contributed by atoms with Crippen molar-refractivity contribution in [2.24, 2.45) is 0 Å². The molecule has 5 heteroatoms. The third kappa shape index (κ3) is 3.18. The molecule has 0 saturated carbocycles. The molecule has 2 aromatic carbocycles. The molecule has 0 radical (unpaired) electrons. The van der Waals surface area contributed by atoms with Crippen LogP contribution in [0.1, 0.15) is 11.1 Å². The molecule has 0 spiro atoms. The number of alkyl halides is 1. The number of hydrogen-bond donors (Lipinski definition) is 0. The highest BCUT2D eigenvalue weighted by Crippen LogP contribution is 2.30. The lowest BCUT2D eigenvalue weighted by atomic mass is 10.1. The summed E-state index contributed by atoms with van der Waals surface area (Å²) >= 11 is 3.31. The number of hydrogen-bond acceptors (Lipinski definition) is 2. The summed E-state index contributed by atoms with van der Waals surface area (Å²) < 4.78 is 37.7. The van der Waals surface area contributed by atoms with Crippen LogP contribution in [-0.2, 0) is 11.8 Å². The molecule has 0 aromatic heterocycles. The summed E-state index contributed by atoms with van der Waals surface area (Å²) in [7, 11) is 0. The molecule has 1 aliphatic heterocycles. The van der Waals surface area contributed by atoms with Gasteiger partial charge in [0.15, 0.2) is 0 Å². The molecule has 0 amide bonds. The first kappa shape index (κ1) is 14.3. The van der Waals surface area contributed by atoms with E-state index >= 15 is 0 Å². The molecular formula is C16H13BrF2O2. The molecule has 3 rings (SSSR count). The number of fused-ring (bicyclic) bond motifs is 1. The predicted octanol–water partition coefficient (Wildman–Crippen LogP) is 4.24. The zero-order valence-corrected chi connectivity index (χ0v) is 12.7. The average Bonchev–Trinajstić information content (AvgIpc) is 2.87. The Hall–Kier alpha value is -1.62. The van der Waals surface area contributed by atoms with E-state index in [2.05, 4.69) is 15.9 Å². The highest BCUT2D eigenvalue weighted by atomic mass is 79.9. The predicted molar refractivity (Wildman–Crippen MR) is 79.0 cm³/mol. The van der Waals surface area contributed by atoms with Crippen molar-refractivity contribution >= 4 is 15.9 Å². The van der Waals surface area contributed by atoms with E-state index in [1.807, 2.05) is 0 Å². The topological polar surface area (TPSA) is 18.5 Å². The van der Waals surface area contributed by atoms with E-state index in [0.717, 1.165) is 11.1 Å². The normalized spacial score (nSPS) is 16.4. The van der Waals surface area contributed by atoms with Gasteiger partial charge in [-0.15, -0.1) is 0 Å². The van der Waals surface area contributed by atoms with E-state index in [9.17, 15) is 8.78 Å². The van der Waals surface area contributed by atoms with Crippen molar-refractivity contribution < 1.29 is 18.3 Å². The Balaban J connectivity index is 1.65. The van der Waals surface area contributed by atoms with Gasteiger partial charge in [0, 0.05) is 22.9 Å². The molecule has 1 unspecified atom stereocenters. The van der Waals surface area contributed by atoms with Gasteiger partial charge >= 0.3 is 0 Å². The molecule has 21 heavy (non-hydrogen) atoms. The maximum absolute atomic E-state index is 13.2. The summed E-state index contributed by atoms with van der Waals surface area (Å²) in [4.78, 5) is 0. The minimum absolute atomic E-state index is 0.157. The van der Waals surface area contributed by atoms with Crippen LogP contribution in [0.4, 0.5) is 8.78 Å². The van der Waals surface area contributed by atoms with Crippen LogP contribution >= 0.6 is 15.9 Å². The lowest BCUT2D eigenvalue weighted by Crippen LogP contribution is -2.22. The van der Waals surface area contributed by atoms with Crippen molar-refractivity contribution in [3.05, 3.63) is 59.2 Å². The molecule has 110 valence electrons. The van der Waals surface area contributed by atoms with E-state index in [-0.39, 0.29) is 17.7 Å². The second-order valence-electron chi connectivity index (χ2n) is 4.89. The fourth-order valence-corrected chi connectivity index (χ4v) is 2.80. The van der Waals surface area contributed by atoms with Crippen molar-refractivity contribution in [2.45, 2.75) is 17.9 Å². The largest absolute Gasteiger partial charge is 0.489 e. The van der Waals surface area contributed by atoms with Crippen molar-refractivity contribution in [3.63, 3.8) is 0 Å². The monoisotopic (exact) mass is 354 g/mol. The number of ether oxygens (including phenoxy) is 2. The third-order valence-electron chi connectivity index (χ3n) is 3.35. The van der Waals surface area contributed by atoms with Crippen LogP contribution in [0.3, 0.4) is 0 Å². The quantitative estimate of drug-likeness (QED) is 0.764. The summed E-state index contributed by atoms with van der Waals surface area (Å²) in [5, 5.41) is 0.511. The van der Waals surface area contributed by atoms with Gasteiger partial charge in [-0.25, -0.2) is 8.78 Å². The maximum Gasteiger partial charge on any atom is 0.137 e. The van der Waals surface area contributed by atoms with E-state index in [1.165, 1.54) is 24.3 Å². The fraction of sp³-hybridized carbons (Fsp3) is 0.250. The first-order valence-electron chi connectivity index (χ1n) is 6.58. The second-order valence-corrected chi connectivity index (χ2v) is 5.45. The molecule has 0 saturated heterocycles. The van der Waals surface area contributed by atoms with Crippen LogP contribution in [0.5, 0.6) is 11.5 Å². The Morgan fingerprint density at radius 2 is 1.90 bits per heavy atom. The zero-order valence-electron chi connectivity index (χ0n) is 11.1. The Morgan fingerprint density at radius 3 is 2.71 bits per heavy atom. The Labute approximate surface area is 129 Å². The third-order valence-corrected chi connectivity index (χ3v) is 3.96. The lowest BCUT2D eigenvalue weighted by molar-refractivity contribution is 0.148. The number of halogens is 3. The Morgan fingerprint density at radius 1 is 1.14 bits per heavy atom. The minimum atomic E-state index is -0.295. The van der Waals surface area contributed by atoms with Gasteiger partial charge in [-0.3, -0.25) is 0 Å². The first-order chi connectivity index (χ1) is 10.2. The van der Waals surface area contributed by atoms with E-state index in [1.54, 1.807) is 12.1 Å². The summed E-state index contributed by atoms with van der Waals surface area (Å²) in [6.07, 6.45) is 0.452. The molecule has 0 N–H and O–H groups in total. The van der Waals surface area contributed by atoms with Crippen molar-refractivity contribution in [1.29, 1.82) is 0 Å². The van der Waals surface area contributed by atoms with Crippen molar-refractivity contribution in [1.82, 2.24) is 0 Å². The molecule has 1 aliphatic rings. The van der Waals surface area contributed by atoms with Gasteiger partial charge in [0.2, 0.25) is 0 Å². The fourth-order valence-electron chi connectivity index (χ4n) is 2.36. The van der Waals surface area contributed by atoms with Crippen LogP contribution < -0.4 is 9.47 Å². The molecule has 2 nitrogen and oxygen atoms in total. The summed E-state index contributed by atoms with van der Waals surface area (Å²) in [6, 6.07) is 8.90. The van der Waals surface area contributed by atoms with E-state index < -0.39 is 0 Å². The highest BCUT2D eigenvalue weighted by molar-refractivity contribution is 9.08. The summed E-state index contributed by atoms with van der Waals surface area (Å²) in [6.45, 7) is 0.335. The van der Waals surface area contributed by atoms with Crippen LogP contribution in [0.2, 0.25) is 0 Å². The summed E-state index contributed by atoms with van der Waals surface area (Å²) in [5.41, 5.74) is 1.60. The summed E-state index contributed by atoms with van der Waals surface area (Å²) in [5.74, 6) is 0.764. The minimum Gasteiger partial charge on any atom is -0.489 e. The molecule has 0 aliphatic carbocycles. The van der Waals surface area contributed by atoms with E-state index in [0.29, 0.717) is 29.9 Å². The van der Waals surface area contributed by atoms with Crippen LogP contribution in [0, 0.1) is 11.6 Å². The van der Waals surface area contributed by atoms with Crippen molar-refractivity contribution in [3.8, 4) is 11.5 Å².